The van der Waals surface area contributed by atoms with Gasteiger partial charge in [-0.15, -0.1) is 6.42 Å². The summed E-state index contributed by atoms with van der Waals surface area (Å²) in [4.78, 5) is 0. The van der Waals surface area contributed by atoms with Crippen molar-refractivity contribution in [1.82, 2.24) is 0 Å². The second-order valence-corrected chi connectivity index (χ2v) is 3.44. The summed E-state index contributed by atoms with van der Waals surface area (Å²) in [5.74, 6) is 3.37. The molecule has 0 radical (unpaired) electrons. The third-order valence-electron chi connectivity index (χ3n) is 1.67. The monoisotopic (exact) mass is 265 g/mol. The van der Waals surface area contributed by atoms with Crippen molar-refractivity contribution in [1.29, 1.82) is 5.26 Å². The van der Waals surface area contributed by atoms with E-state index in [2.05, 4.69) is 21.9 Å². The van der Waals surface area contributed by atoms with E-state index in [0.717, 1.165) is 0 Å². The van der Waals surface area contributed by atoms with Crippen LogP contribution in [0.3, 0.4) is 0 Å². The molecule has 15 heavy (non-hydrogen) atoms. The predicted octanol–water partition coefficient (Wildman–Crippen LogP) is 2.34. The van der Waals surface area contributed by atoms with Gasteiger partial charge in [0.15, 0.2) is 5.75 Å². The van der Waals surface area contributed by atoms with Crippen LogP contribution >= 0.6 is 15.9 Å². The zero-order valence-electron chi connectivity index (χ0n) is 8.08. The van der Waals surface area contributed by atoms with Crippen LogP contribution in [0, 0.1) is 23.7 Å². The lowest BCUT2D eigenvalue weighted by Gasteiger charge is -2.09. The molecular weight excluding hydrogens is 258 g/mol. The minimum atomic E-state index is 0.125. The second-order valence-electron chi connectivity index (χ2n) is 2.59. The van der Waals surface area contributed by atoms with Crippen molar-refractivity contribution in [3.05, 3.63) is 22.2 Å². The van der Waals surface area contributed by atoms with Crippen LogP contribution in [0.1, 0.15) is 5.56 Å². The first-order chi connectivity index (χ1) is 7.22. The van der Waals surface area contributed by atoms with Crippen LogP contribution in [0.4, 0.5) is 0 Å². The summed E-state index contributed by atoms with van der Waals surface area (Å²) in [5.41, 5.74) is 0.386. The lowest BCUT2D eigenvalue weighted by Crippen LogP contribution is -1.98. The fourth-order valence-electron chi connectivity index (χ4n) is 1.03. The Kier molecular flexibility index (Phi) is 4.03. The highest BCUT2D eigenvalue weighted by Crippen LogP contribution is 2.33. The summed E-state index contributed by atoms with van der Waals surface area (Å²) in [6.45, 7) is 0.125. The van der Waals surface area contributed by atoms with E-state index in [1.165, 1.54) is 7.11 Å². The maximum Gasteiger partial charge on any atom is 0.152 e. The van der Waals surface area contributed by atoms with Crippen molar-refractivity contribution >= 4 is 15.9 Å². The van der Waals surface area contributed by atoms with Gasteiger partial charge in [-0.1, -0.05) is 5.92 Å². The van der Waals surface area contributed by atoms with Gasteiger partial charge < -0.3 is 9.47 Å². The van der Waals surface area contributed by atoms with Gasteiger partial charge in [0.2, 0.25) is 0 Å². The van der Waals surface area contributed by atoms with Crippen LogP contribution in [0.2, 0.25) is 0 Å². The van der Waals surface area contributed by atoms with Crippen LogP contribution in [0.15, 0.2) is 16.6 Å². The smallest absolute Gasteiger partial charge is 0.152 e. The number of methoxy groups -OCH3 is 1. The molecule has 0 atom stereocenters. The number of nitriles is 1. The summed E-state index contributed by atoms with van der Waals surface area (Å²) >= 11 is 3.29. The van der Waals surface area contributed by atoms with E-state index in [-0.39, 0.29) is 6.61 Å². The Morgan fingerprint density at radius 3 is 2.80 bits per heavy atom. The SMILES string of the molecule is C#CCOc1c(Br)cc(OC)cc1C#N. The Morgan fingerprint density at radius 2 is 2.27 bits per heavy atom. The second kappa shape index (κ2) is 5.29. The van der Waals surface area contributed by atoms with E-state index in [4.69, 9.17) is 21.2 Å². The molecule has 0 N–H and O–H groups in total. The summed E-state index contributed by atoms with van der Waals surface area (Å²) < 4.78 is 10.9. The van der Waals surface area contributed by atoms with E-state index < -0.39 is 0 Å². The van der Waals surface area contributed by atoms with E-state index >= 15 is 0 Å². The van der Waals surface area contributed by atoms with Crippen molar-refractivity contribution in [3.8, 4) is 29.9 Å². The number of hydrogen-bond donors (Lipinski definition) is 0. The fraction of sp³-hybridized carbons (Fsp3) is 0.182. The highest BCUT2D eigenvalue weighted by molar-refractivity contribution is 9.10. The quantitative estimate of drug-likeness (QED) is 0.788. The van der Waals surface area contributed by atoms with E-state index in [1.54, 1.807) is 12.1 Å². The number of terminal acetylenes is 1. The first-order valence-electron chi connectivity index (χ1n) is 4.06. The molecule has 4 heteroatoms. The van der Waals surface area contributed by atoms with Gasteiger partial charge in [0, 0.05) is 6.07 Å². The molecule has 3 nitrogen and oxygen atoms in total. The molecule has 0 aliphatic rings. The van der Waals surface area contributed by atoms with Crippen molar-refractivity contribution in [2.24, 2.45) is 0 Å². The zero-order chi connectivity index (χ0) is 11.3. The largest absolute Gasteiger partial charge is 0.497 e. The lowest BCUT2D eigenvalue weighted by molar-refractivity contribution is 0.364. The first kappa shape index (κ1) is 11.4. The summed E-state index contributed by atoms with van der Waals surface area (Å²) in [5, 5.41) is 8.90. The Labute approximate surface area is 96.7 Å². The van der Waals surface area contributed by atoms with Crippen LogP contribution in [0.25, 0.3) is 0 Å². The molecule has 0 unspecified atom stereocenters. The van der Waals surface area contributed by atoms with E-state index in [0.29, 0.717) is 21.5 Å². The van der Waals surface area contributed by atoms with Gasteiger partial charge in [-0.25, -0.2) is 0 Å². The molecule has 0 aliphatic heterocycles. The molecule has 0 heterocycles. The standard InChI is InChI=1S/C11H8BrNO2/c1-3-4-15-11-8(7-13)5-9(14-2)6-10(11)12/h1,5-6H,4H2,2H3. The number of rotatable bonds is 3. The van der Waals surface area contributed by atoms with Crippen molar-refractivity contribution in [3.63, 3.8) is 0 Å². The zero-order valence-corrected chi connectivity index (χ0v) is 9.67. The van der Waals surface area contributed by atoms with Gasteiger partial charge in [0.25, 0.3) is 0 Å². The van der Waals surface area contributed by atoms with Gasteiger partial charge in [-0.05, 0) is 22.0 Å². The average Bonchev–Trinajstić information content (AvgIpc) is 2.26. The maximum absolute atomic E-state index is 8.90. The van der Waals surface area contributed by atoms with Gasteiger partial charge in [0.1, 0.15) is 18.4 Å². The lowest BCUT2D eigenvalue weighted by atomic mass is 10.2. The molecule has 1 rings (SSSR count). The fourth-order valence-corrected chi connectivity index (χ4v) is 1.58. The molecule has 0 fully saturated rings. The predicted molar refractivity (Wildman–Crippen MR) is 59.7 cm³/mol. The topological polar surface area (TPSA) is 42.2 Å². The summed E-state index contributed by atoms with van der Waals surface area (Å²) in [6.07, 6.45) is 5.08. The Bertz CT molecular complexity index is 443. The number of ether oxygens (including phenoxy) is 2. The highest BCUT2D eigenvalue weighted by atomic mass is 79.9. The van der Waals surface area contributed by atoms with Gasteiger partial charge >= 0.3 is 0 Å². The van der Waals surface area contributed by atoms with Crippen LogP contribution in [0.5, 0.6) is 11.5 Å². The molecule has 0 amide bonds. The van der Waals surface area contributed by atoms with Gasteiger partial charge in [-0.3, -0.25) is 0 Å². The molecular formula is C11H8BrNO2. The summed E-state index contributed by atoms with van der Waals surface area (Å²) in [6, 6.07) is 5.33. The number of hydrogen-bond acceptors (Lipinski definition) is 3. The Morgan fingerprint density at radius 1 is 1.53 bits per heavy atom. The summed E-state index contributed by atoms with van der Waals surface area (Å²) in [7, 11) is 1.53. The third-order valence-corrected chi connectivity index (χ3v) is 2.26. The molecule has 1 aromatic rings. The maximum atomic E-state index is 8.90. The molecule has 0 saturated heterocycles. The minimum Gasteiger partial charge on any atom is -0.497 e. The van der Waals surface area contributed by atoms with Crippen LogP contribution < -0.4 is 9.47 Å². The molecule has 0 bridgehead atoms. The minimum absolute atomic E-state index is 0.125. The number of nitrogens with zero attached hydrogens (tertiary/aromatic N) is 1. The number of benzene rings is 1. The Balaban J connectivity index is 3.15. The molecule has 0 aliphatic carbocycles. The molecule has 76 valence electrons. The molecule has 0 aromatic heterocycles. The normalized spacial score (nSPS) is 8.80. The third kappa shape index (κ3) is 2.65. The molecule has 0 spiro atoms. The molecule has 0 saturated carbocycles. The first-order valence-corrected chi connectivity index (χ1v) is 4.86. The van der Waals surface area contributed by atoms with Crippen molar-refractivity contribution < 1.29 is 9.47 Å². The van der Waals surface area contributed by atoms with Gasteiger partial charge in [0.05, 0.1) is 17.1 Å². The highest BCUT2D eigenvalue weighted by Gasteiger charge is 2.10. The van der Waals surface area contributed by atoms with Crippen LogP contribution in [-0.4, -0.2) is 13.7 Å². The van der Waals surface area contributed by atoms with Crippen LogP contribution in [-0.2, 0) is 0 Å². The molecule has 1 aromatic carbocycles. The average molecular weight is 266 g/mol. The van der Waals surface area contributed by atoms with Crippen molar-refractivity contribution in [2.45, 2.75) is 0 Å². The van der Waals surface area contributed by atoms with Crippen molar-refractivity contribution in [2.75, 3.05) is 13.7 Å². The van der Waals surface area contributed by atoms with E-state index in [1.807, 2.05) is 6.07 Å². The van der Waals surface area contributed by atoms with E-state index in [9.17, 15) is 0 Å². The number of halogens is 1. The van der Waals surface area contributed by atoms with Gasteiger partial charge in [-0.2, -0.15) is 5.26 Å². The Hall–Kier alpha value is -1.65.